The Labute approximate surface area is 154 Å². The molecule has 0 saturated carbocycles. The van der Waals surface area contributed by atoms with Gasteiger partial charge in [0.1, 0.15) is 17.3 Å². The maximum atomic E-state index is 11.7. The number of hydrogen-bond acceptors (Lipinski definition) is 8. The SMILES string of the molecule is C=CCCCCCNc1nc2sc(C)cc2c(=O)o1.O=c1cconc1. The van der Waals surface area contributed by atoms with Crippen LogP contribution in [-0.2, 0) is 0 Å². The lowest BCUT2D eigenvalue weighted by atomic mass is 10.2. The third-order valence-electron chi connectivity index (χ3n) is 3.34. The van der Waals surface area contributed by atoms with E-state index in [2.05, 4.69) is 26.6 Å². The number of nitrogens with zero attached hydrogens (tertiary/aromatic N) is 2. The molecule has 7 nitrogen and oxygen atoms in total. The molecule has 26 heavy (non-hydrogen) atoms. The number of unbranched alkanes of at least 4 members (excludes halogenated alkanes) is 3. The maximum Gasteiger partial charge on any atom is 0.349 e. The van der Waals surface area contributed by atoms with Crippen LogP contribution < -0.4 is 16.4 Å². The molecule has 0 fully saturated rings. The molecule has 8 heteroatoms. The van der Waals surface area contributed by atoms with Crippen molar-refractivity contribution in [1.29, 1.82) is 0 Å². The van der Waals surface area contributed by atoms with Crippen molar-refractivity contribution >= 4 is 27.6 Å². The zero-order chi connectivity index (χ0) is 18.8. The van der Waals surface area contributed by atoms with E-state index in [1.807, 2.05) is 19.1 Å². The van der Waals surface area contributed by atoms with E-state index < -0.39 is 0 Å². The van der Waals surface area contributed by atoms with Gasteiger partial charge in [0.2, 0.25) is 5.43 Å². The minimum atomic E-state index is -0.316. The van der Waals surface area contributed by atoms with Crippen molar-refractivity contribution in [2.45, 2.75) is 32.6 Å². The van der Waals surface area contributed by atoms with Crippen molar-refractivity contribution in [2.24, 2.45) is 0 Å². The van der Waals surface area contributed by atoms with E-state index in [9.17, 15) is 9.59 Å². The van der Waals surface area contributed by atoms with Crippen molar-refractivity contribution in [3.63, 3.8) is 0 Å². The van der Waals surface area contributed by atoms with Crippen LogP contribution in [0.4, 0.5) is 6.01 Å². The number of thiophene rings is 1. The molecule has 0 unspecified atom stereocenters. The molecule has 0 aliphatic heterocycles. The van der Waals surface area contributed by atoms with Crippen molar-refractivity contribution < 1.29 is 8.94 Å². The number of fused-ring (bicyclic) bond motifs is 1. The summed E-state index contributed by atoms with van der Waals surface area (Å²) < 4.78 is 9.45. The van der Waals surface area contributed by atoms with Gasteiger partial charge in [-0.1, -0.05) is 17.7 Å². The molecule has 3 heterocycles. The first-order chi connectivity index (χ1) is 12.6. The summed E-state index contributed by atoms with van der Waals surface area (Å²) in [4.78, 5) is 28.0. The summed E-state index contributed by atoms with van der Waals surface area (Å²) in [6.45, 7) is 6.42. The van der Waals surface area contributed by atoms with E-state index in [0.717, 1.165) is 48.1 Å². The lowest BCUT2D eigenvalue weighted by Gasteiger charge is -2.03. The molecule has 0 spiro atoms. The zero-order valence-electron chi connectivity index (χ0n) is 14.6. The van der Waals surface area contributed by atoms with Gasteiger partial charge in [-0.2, -0.15) is 4.98 Å². The van der Waals surface area contributed by atoms with Crippen LogP contribution in [0.2, 0.25) is 0 Å². The molecule has 0 bridgehead atoms. The Balaban J connectivity index is 0.000000290. The fraction of sp³-hybridized carbons (Fsp3) is 0.333. The van der Waals surface area contributed by atoms with Gasteiger partial charge in [-0.05, 0) is 32.3 Å². The topological polar surface area (TPSA) is 98.2 Å². The quantitative estimate of drug-likeness (QED) is 0.496. The van der Waals surface area contributed by atoms with Crippen molar-refractivity contribution in [2.75, 3.05) is 11.9 Å². The molecular formula is C18H21N3O4S. The Morgan fingerprint density at radius 1 is 1.31 bits per heavy atom. The van der Waals surface area contributed by atoms with Crippen molar-refractivity contribution in [1.82, 2.24) is 10.1 Å². The summed E-state index contributed by atoms with van der Waals surface area (Å²) in [5.41, 5.74) is -0.449. The highest BCUT2D eigenvalue weighted by Gasteiger charge is 2.08. The summed E-state index contributed by atoms with van der Waals surface area (Å²) in [5, 5.41) is 6.83. The van der Waals surface area contributed by atoms with Crippen LogP contribution >= 0.6 is 11.3 Å². The minimum Gasteiger partial charge on any atom is -0.389 e. The monoisotopic (exact) mass is 375 g/mol. The number of nitrogens with one attached hydrogen (secondary N) is 1. The predicted octanol–water partition coefficient (Wildman–Crippen LogP) is 3.75. The molecule has 1 N–H and O–H groups in total. The molecule has 3 aromatic heterocycles. The van der Waals surface area contributed by atoms with E-state index in [0.29, 0.717) is 11.4 Å². The van der Waals surface area contributed by atoms with Gasteiger partial charge in [-0.25, -0.2) is 4.79 Å². The second-order valence-electron chi connectivity index (χ2n) is 5.49. The lowest BCUT2D eigenvalue weighted by Crippen LogP contribution is -2.08. The largest absolute Gasteiger partial charge is 0.389 e. The highest BCUT2D eigenvalue weighted by atomic mass is 32.1. The average Bonchev–Trinajstić information content (AvgIpc) is 3.00. The Kier molecular flexibility index (Phi) is 7.75. The third-order valence-corrected chi connectivity index (χ3v) is 4.29. The number of rotatable bonds is 7. The van der Waals surface area contributed by atoms with Crippen LogP contribution in [0, 0.1) is 6.92 Å². The second kappa shape index (κ2) is 10.3. The van der Waals surface area contributed by atoms with E-state index in [1.165, 1.54) is 23.7 Å². The number of hydrogen-bond donors (Lipinski definition) is 1. The summed E-state index contributed by atoms with van der Waals surface area (Å²) in [7, 11) is 0. The summed E-state index contributed by atoms with van der Waals surface area (Å²) in [6.07, 6.45) is 8.63. The van der Waals surface area contributed by atoms with Gasteiger partial charge in [0.25, 0.3) is 6.01 Å². The van der Waals surface area contributed by atoms with Crippen LogP contribution in [0.3, 0.4) is 0 Å². The summed E-state index contributed by atoms with van der Waals surface area (Å²) in [6, 6.07) is 3.44. The maximum absolute atomic E-state index is 11.7. The molecule has 0 aromatic carbocycles. The molecule has 0 saturated heterocycles. The van der Waals surface area contributed by atoms with Crippen LogP contribution in [0.1, 0.15) is 30.6 Å². The third kappa shape index (κ3) is 6.29. The Bertz CT molecular complexity index is 928. The summed E-state index contributed by atoms with van der Waals surface area (Å²) >= 11 is 1.51. The van der Waals surface area contributed by atoms with E-state index in [-0.39, 0.29) is 11.1 Å². The van der Waals surface area contributed by atoms with Crippen LogP contribution in [0.25, 0.3) is 10.2 Å². The van der Waals surface area contributed by atoms with Crippen molar-refractivity contribution in [3.05, 3.63) is 62.8 Å². The highest BCUT2D eigenvalue weighted by Crippen LogP contribution is 2.21. The van der Waals surface area contributed by atoms with Crippen molar-refractivity contribution in [3.8, 4) is 0 Å². The molecule has 3 rings (SSSR count). The molecule has 138 valence electrons. The van der Waals surface area contributed by atoms with Gasteiger partial charge in [0.15, 0.2) is 0 Å². The van der Waals surface area contributed by atoms with Crippen LogP contribution in [-0.4, -0.2) is 16.7 Å². The zero-order valence-corrected chi connectivity index (χ0v) is 15.4. The molecule has 3 aromatic rings. The first kappa shape index (κ1) is 19.6. The Hall–Kier alpha value is -2.74. The number of aryl methyl sites for hydroxylation is 1. The molecule has 0 aliphatic carbocycles. The Morgan fingerprint density at radius 3 is 2.81 bits per heavy atom. The first-order valence-corrected chi connectivity index (χ1v) is 9.07. The predicted molar refractivity (Wildman–Crippen MR) is 103 cm³/mol. The molecule has 0 radical (unpaired) electrons. The first-order valence-electron chi connectivity index (χ1n) is 8.26. The lowest BCUT2D eigenvalue weighted by molar-refractivity contribution is 0.397. The number of allylic oxidation sites excluding steroid dienone is 1. The van der Waals surface area contributed by atoms with Gasteiger partial charge < -0.3 is 14.3 Å². The number of anilines is 1. The second-order valence-corrected chi connectivity index (χ2v) is 6.73. The number of aromatic nitrogens is 2. The fourth-order valence-corrected chi connectivity index (χ4v) is 2.97. The molecule has 0 atom stereocenters. The minimum absolute atomic E-state index is 0.133. The van der Waals surface area contributed by atoms with Gasteiger partial charge >= 0.3 is 5.63 Å². The van der Waals surface area contributed by atoms with E-state index in [1.54, 1.807) is 0 Å². The fourth-order valence-electron chi connectivity index (χ4n) is 2.11. The Morgan fingerprint density at radius 2 is 2.15 bits per heavy atom. The van der Waals surface area contributed by atoms with Crippen LogP contribution in [0.15, 0.2) is 55.8 Å². The molecule has 0 aliphatic rings. The molecular weight excluding hydrogens is 354 g/mol. The summed E-state index contributed by atoms with van der Waals surface area (Å²) in [5.74, 6) is 0. The van der Waals surface area contributed by atoms with Gasteiger partial charge in [-0.15, -0.1) is 17.9 Å². The van der Waals surface area contributed by atoms with Gasteiger partial charge in [-0.3, -0.25) is 4.79 Å². The highest BCUT2D eigenvalue weighted by molar-refractivity contribution is 7.18. The normalized spacial score (nSPS) is 10.2. The average molecular weight is 375 g/mol. The van der Waals surface area contributed by atoms with E-state index in [4.69, 9.17) is 4.42 Å². The standard InChI is InChI=1S/C14H18N2O2S.C4H3NO2/c1-3-4-5-6-7-8-15-14-16-12-11(13(17)18-14)9-10(2)19-12;6-4-1-2-7-5-3-4/h3,9H,1,4-8H2,2H3,(H,15,16);1-3H. The smallest absolute Gasteiger partial charge is 0.349 e. The van der Waals surface area contributed by atoms with Gasteiger partial charge in [0, 0.05) is 17.5 Å². The van der Waals surface area contributed by atoms with Crippen LogP contribution in [0.5, 0.6) is 0 Å². The van der Waals surface area contributed by atoms with E-state index >= 15 is 0 Å². The molecule has 0 amide bonds. The van der Waals surface area contributed by atoms with Gasteiger partial charge in [0.05, 0.1) is 5.39 Å².